The fraction of sp³-hybridized carbons (Fsp3) is 0.158. The third-order valence-electron chi connectivity index (χ3n) is 3.96. The zero-order valence-electron chi connectivity index (χ0n) is 12.9. The third-order valence-corrected chi connectivity index (χ3v) is 3.96. The zero-order chi connectivity index (χ0) is 15.7. The van der Waals surface area contributed by atoms with Gasteiger partial charge in [-0.3, -0.25) is 0 Å². The Morgan fingerprint density at radius 3 is 2.55 bits per heavy atom. The van der Waals surface area contributed by atoms with Crippen molar-refractivity contribution in [3.05, 3.63) is 64.5 Å². The third kappa shape index (κ3) is 2.51. The molecule has 2 aromatic carbocycles. The number of H-pyrrole nitrogens is 1. The maximum Gasteiger partial charge on any atom is 0.149 e. The van der Waals surface area contributed by atoms with Gasteiger partial charge in [0.1, 0.15) is 11.9 Å². The quantitative estimate of drug-likeness (QED) is 0.703. The number of aryl methyl sites for hydroxylation is 3. The van der Waals surface area contributed by atoms with E-state index in [2.05, 4.69) is 36.0 Å². The Morgan fingerprint density at radius 1 is 1.09 bits per heavy atom. The first-order chi connectivity index (χ1) is 10.6. The van der Waals surface area contributed by atoms with E-state index in [1.54, 1.807) is 0 Å². The van der Waals surface area contributed by atoms with E-state index in [0.717, 1.165) is 22.2 Å². The number of aromatic nitrogens is 2. The van der Waals surface area contributed by atoms with Gasteiger partial charge in [0.15, 0.2) is 0 Å². The van der Waals surface area contributed by atoms with E-state index in [0.29, 0.717) is 11.4 Å². The van der Waals surface area contributed by atoms with Gasteiger partial charge in [-0.2, -0.15) is 5.26 Å². The normalized spacial score (nSPS) is 11.6. The number of nitrogens with zero attached hydrogens (tertiary/aromatic N) is 2. The van der Waals surface area contributed by atoms with Crippen LogP contribution in [0, 0.1) is 32.1 Å². The first kappa shape index (κ1) is 14.1. The highest BCUT2D eigenvalue weighted by Crippen LogP contribution is 2.22. The number of aromatic amines is 1. The summed E-state index contributed by atoms with van der Waals surface area (Å²) in [5, 5.41) is 9.49. The van der Waals surface area contributed by atoms with E-state index in [-0.39, 0.29) is 0 Å². The summed E-state index contributed by atoms with van der Waals surface area (Å²) in [7, 11) is 0. The van der Waals surface area contributed by atoms with Gasteiger partial charge in [-0.05, 0) is 61.2 Å². The van der Waals surface area contributed by atoms with Crippen molar-refractivity contribution in [2.24, 2.45) is 0 Å². The van der Waals surface area contributed by atoms with Crippen LogP contribution in [0.4, 0.5) is 0 Å². The predicted molar refractivity (Wildman–Crippen MR) is 90.2 cm³/mol. The van der Waals surface area contributed by atoms with Gasteiger partial charge in [0.25, 0.3) is 0 Å². The molecule has 22 heavy (non-hydrogen) atoms. The molecule has 0 aliphatic heterocycles. The average molecular weight is 287 g/mol. The van der Waals surface area contributed by atoms with Crippen molar-refractivity contribution in [1.82, 2.24) is 9.97 Å². The molecule has 0 bridgehead atoms. The first-order valence-corrected chi connectivity index (χ1v) is 7.23. The van der Waals surface area contributed by atoms with Gasteiger partial charge in [-0.25, -0.2) is 4.98 Å². The molecule has 108 valence electrons. The van der Waals surface area contributed by atoms with Crippen molar-refractivity contribution in [2.45, 2.75) is 20.8 Å². The number of allylic oxidation sites excluding steroid dienone is 1. The lowest BCUT2D eigenvalue weighted by Crippen LogP contribution is -1.86. The lowest BCUT2D eigenvalue weighted by atomic mass is 10.1. The number of rotatable bonds is 2. The standard InChI is InChI=1S/C19H17N3/c1-12-6-4-5-7-15(12)10-16(11-20)19-21-17-8-13(2)14(3)9-18(17)22-19/h4-10H,1-3H3,(H,21,22)/b16-10-. The molecule has 0 saturated carbocycles. The van der Waals surface area contributed by atoms with E-state index in [9.17, 15) is 5.26 Å². The molecule has 1 N–H and O–H groups in total. The molecule has 0 amide bonds. The molecule has 0 aliphatic carbocycles. The Morgan fingerprint density at radius 2 is 1.82 bits per heavy atom. The Bertz CT molecular complexity index is 884. The molecule has 1 aromatic heterocycles. The molecule has 0 spiro atoms. The van der Waals surface area contributed by atoms with Crippen molar-refractivity contribution in [1.29, 1.82) is 5.26 Å². The number of hydrogen-bond acceptors (Lipinski definition) is 2. The van der Waals surface area contributed by atoms with Gasteiger partial charge < -0.3 is 4.98 Å². The SMILES string of the molecule is Cc1cc2nc(/C(C#N)=C\c3ccccc3C)[nH]c2cc1C. The maximum absolute atomic E-state index is 9.49. The van der Waals surface area contributed by atoms with Crippen molar-refractivity contribution in [2.75, 3.05) is 0 Å². The average Bonchev–Trinajstić information content (AvgIpc) is 2.89. The number of nitrogens with one attached hydrogen (secondary N) is 1. The molecule has 3 rings (SSSR count). The van der Waals surface area contributed by atoms with Crippen LogP contribution in [0.3, 0.4) is 0 Å². The lowest BCUT2D eigenvalue weighted by molar-refractivity contribution is 1.27. The van der Waals surface area contributed by atoms with E-state index in [4.69, 9.17) is 0 Å². The van der Waals surface area contributed by atoms with Crippen molar-refractivity contribution in [3.8, 4) is 6.07 Å². The summed E-state index contributed by atoms with van der Waals surface area (Å²) < 4.78 is 0. The van der Waals surface area contributed by atoms with Gasteiger partial charge in [0.05, 0.1) is 16.6 Å². The highest BCUT2D eigenvalue weighted by atomic mass is 14.9. The predicted octanol–water partition coefficient (Wildman–Crippen LogP) is 4.55. The van der Waals surface area contributed by atoms with Crippen molar-refractivity contribution >= 4 is 22.7 Å². The fourth-order valence-corrected chi connectivity index (χ4v) is 2.45. The Hall–Kier alpha value is -2.86. The minimum absolute atomic E-state index is 0.542. The van der Waals surface area contributed by atoms with Crippen LogP contribution in [0.1, 0.15) is 28.1 Å². The van der Waals surface area contributed by atoms with Gasteiger partial charge in [0.2, 0.25) is 0 Å². The van der Waals surface area contributed by atoms with E-state index in [1.165, 1.54) is 11.1 Å². The number of hydrogen-bond donors (Lipinski definition) is 1. The molecule has 0 aliphatic rings. The zero-order valence-corrected chi connectivity index (χ0v) is 12.9. The molecule has 3 heteroatoms. The largest absolute Gasteiger partial charge is 0.337 e. The minimum Gasteiger partial charge on any atom is -0.337 e. The Labute approximate surface area is 129 Å². The summed E-state index contributed by atoms with van der Waals surface area (Å²) in [5.74, 6) is 0.616. The van der Waals surface area contributed by atoms with Crippen LogP contribution in [-0.2, 0) is 0 Å². The van der Waals surface area contributed by atoms with Crippen LogP contribution < -0.4 is 0 Å². The molecular formula is C19H17N3. The molecule has 1 heterocycles. The summed E-state index contributed by atoms with van der Waals surface area (Å²) in [4.78, 5) is 7.82. The second-order valence-corrected chi connectivity index (χ2v) is 5.57. The molecule has 0 radical (unpaired) electrons. The number of benzene rings is 2. The van der Waals surface area contributed by atoms with Gasteiger partial charge in [-0.15, -0.1) is 0 Å². The molecule has 0 saturated heterocycles. The highest BCUT2D eigenvalue weighted by Gasteiger charge is 2.09. The van der Waals surface area contributed by atoms with Crippen molar-refractivity contribution in [3.63, 3.8) is 0 Å². The summed E-state index contributed by atoms with van der Waals surface area (Å²) in [6.45, 7) is 6.17. The second kappa shape index (κ2) is 5.50. The summed E-state index contributed by atoms with van der Waals surface area (Å²) >= 11 is 0. The molecule has 3 nitrogen and oxygen atoms in total. The molecule has 0 unspecified atom stereocenters. The summed E-state index contributed by atoms with van der Waals surface area (Å²) in [6, 6.07) is 14.4. The van der Waals surface area contributed by atoms with E-state index in [1.807, 2.05) is 43.3 Å². The molecule has 3 aromatic rings. The highest BCUT2D eigenvalue weighted by molar-refractivity contribution is 5.91. The van der Waals surface area contributed by atoms with Crippen LogP contribution in [-0.4, -0.2) is 9.97 Å². The smallest absolute Gasteiger partial charge is 0.149 e. The minimum atomic E-state index is 0.542. The van der Waals surface area contributed by atoms with Crippen LogP contribution in [0.25, 0.3) is 22.7 Å². The Kier molecular flexibility index (Phi) is 3.52. The first-order valence-electron chi connectivity index (χ1n) is 7.23. The Balaban J connectivity index is 2.12. The fourth-order valence-electron chi connectivity index (χ4n) is 2.45. The number of fused-ring (bicyclic) bond motifs is 1. The van der Waals surface area contributed by atoms with E-state index < -0.39 is 0 Å². The van der Waals surface area contributed by atoms with Gasteiger partial charge in [0, 0.05) is 0 Å². The topological polar surface area (TPSA) is 52.5 Å². The second-order valence-electron chi connectivity index (χ2n) is 5.57. The van der Waals surface area contributed by atoms with E-state index >= 15 is 0 Å². The van der Waals surface area contributed by atoms with Crippen LogP contribution >= 0.6 is 0 Å². The van der Waals surface area contributed by atoms with Gasteiger partial charge in [-0.1, -0.05) is 24.3 Å². The van der Waals surface area contributed by atoms with Gasteiger partial charge >= 0.3 is 0 Å². The number of imidazole rings is 1. The molecule has 0 atom stereocenters. The van der Waals surface area contributed by atoms with Crippen LogP contribution in [0.15, 0.2) is 36.4 Å². The maximum atomic E-state index is 9.49. The monoisotopic (exact) mass is 287 g/mol. The van der Waals surface area contributed by atoms with Crippen LogP contribution in [0.5, 0.6) is 0 Å². The molecular weight excluding hydrogens is 270 g/mol. The van der Waals surface area contributed by atoms with Crippen LogP contribution in [0.2, 0.25) is 0 Å². The summed E-state index contributed by atoms with van der Waals surface area (Å²) in [5.41, 5.74) is 6.98. The number of nitriles is 1. The summed E-state index contributed by atoms with van der Waals surface area (Å²) in [6.07, 6.45) is 1.88. The van der Waals surface area contributed by atoms with Crippen molar-refractivity contribution < 1.29 is 0 Å². The lowest BCUT2D eigenvalue weighted by Gasteiger charge is -1.99. The molecule has 0 fully saturated rings.